The van der Waals surface area contributed by atoms with Gasteiger partial charge in [-0.3, -0.25) is 9.69 Å². The Bertz CT molecular complexity index is 620. The van der Waals surface area contributed by atoms with E-state index in [0.29, 0.717) is 12.6 Å². The summed E-state index contributed by atoms with van der Waals surface area (Å²) in [6, 6.07) is 6.72. The van der Waals surface area contributed by atoms with E-state index >= 15 is 0 Å². The van der Waals surface area contributed by atoms with E-state index in [9.17, 15) is 4.79 Å². The second-order valence-corrected chi connectivity index (χ2v) is 6.93. The van der Waals surface area contributed by atoms with Crippen molar-refractivity contribution in [2.45, 2.75) is 38.8 Å². The summed E-state index contributed by atoms with van der Waals surface area (Å²) >= 11 is 1.78. The number of hydrogen-bond donors (Lipinski definition) is 1. The first kappa shape index (κ1) is 15.2. The molecule has 1 N–H and O–H groups in total. The molecule has 1 aliphatic heterocycles. The molecule has 1 saturated heterocycles. The van der Waals surface area contributed by atoms with Crippen LogP contribution in [0.25, 0.3) is 0 Å². The monoisotopic (exact) mass is 318 g/mol. The molecule has 1 fully saturated rings. The summed E-state index contributed by atoms with van der Waals surface area (Å²) in [6.07, 6.45) is 4.01. The zero-order chi connectivity index (χ0) is 15.5. The highest BCUT2D eigenvalue weighted by Gasteiger charge is 2.28. The van der Waals surface area contributed by atoms with Gasteiger partial charge in [0.25, 0.3) is 0 Å². The largest absolute Gasteiger partial charge is 0.310 e. The third kappa shape index (κ3) is 3.23. The van der Waals surface area contributed by atoms with Gasteiger partial charge in [0.1, 0.15) is 5.82 Å². The third-order valence-corrected chi connectivity index (χ3v) is 4.98. The molecule has 0 bridgehead atoms. The highest BCUT2D eigenvalue weighted by molar-refractivity contribution is 7.10. The van der Waals surface area contributed by atoms with Crippen molar-refractivity contribution in [2.75, 3.05) is 18.4 Å². The molecule has 0 radical (unpaired) electrons. The van der Waals surface area contributed by atoms with E-state index < -0.39 is 0 Å². The molecule has 2 aromatic rings. The van der Waals surface area contributed by atoms with Crippen LogP contribution in [0, 0.1) is 0 Å². The smallest absolute Gasteiger partial charge is 0.239 e. The fraction of sp³-hybridized carbons (Fsp3) is 0.500. The van der Waals surface area contributed by atoms with Gasteiger partial charge in [-0.05, 0) is 44.7 Å². The molecule has 1 amide bonds. The Balaban J connectivity index is 1.63. The van der Waals surface area contributed by atoms with Gasteiger partial charge in [-0.1, -0.05) is 6.07 Å². The minimum atomic E-state index is 0.0332. The molecule has 2 aromatic heterocycles. The molecule has 0 saturated carbocycles. The van der Waals surface area contributed by atoms with Crippen LogP contribution in [0.2, 0.25) is 0 Å². The first-order chi connectivity index (χ1) is 10.6. The molecule has 1 atom stereocenters. The van der Waals surface area contributed by atoms with Crippen molar-refractivity contribution in [1.82, 2.24) is 14.7 Å². The molecule has 0 unspecified atom stereocenters. The summed E-state index contributed by atoms with van der Waals surface area (Å²) in [7, 11) is 0. The second-order valence-electron chi connectivity index (χ2n) is 5.95. The van der Waals surface area contributed by atoms with Gasteiger partial charge in [0.15, 0.2) is 0 Å². The van der Waals surface area contributed by atoms with Gasteiger partial charge in [-0.2, -0.15) is 5.10 Å². The molecular weight excluding hydrogens is 296 g/mol. The van der Waals surface area contributed by atoms with Crippen LogP contribution in [0.5, 0.6) is 0 Å². The summed E-state index contributed by atoms with van der Waals surface area (Å²) in [5.74, 6) is 0.803. The highest BCUT2D eigenvalue weighted by Crippen LogP contribution is 2.34. The van der Waals surface area contributed by atoms with Gasteiger partial charge < -0.3 is 5.32 Å². The van der Waals surface area contributed by atoms with Crippen molar-refractivity contribution in [3.63, 3.8) is 0 Å². The van der Waals surface area contributed by atoms with Crippen molar-refractivity contribution in [3.05, 3.63) is 34.7 Å². The number of thiophene rings is 1. The topological polar surface area (TPSA) is 50.2 Å². The molecule has 1 aliphatic rings. The number of anilines is 1. The lowest BCUT2D eigenvalue weighted by Gasteiger charge is -2.23. The lowest BCUT2D eigenvalue weighted by atomic mass is 10.2. The van der Waals surface area contributed by atoms with Crippen LogP contribution in [0.15, 0.2) is 29.8 Å². The minimum Gasteiger partial charge on any atom is -0.310 e. The Morgan fingerprint density at radius 2 is 2.36 bits per heavy atom. The molecule has 3 rings (SSSR count). The Kier molecular flexibility index (Phi) is 4.59. The first-order valence-electron chi connectivity index (χ1n) is 7.76. The Morgan fingerprint density at radius 3 is 3.09 bits per heavy atom. The number of likely N-dealkylation sites (tertiary alicyclic amines) is 1. The van der Waals surface area contributed by atoms with Crippen molar-refractivity contribution >= 4 is 23.1 Å². The Hall–Kier alpha value is -1.66. The van der Waals surface area contributed by atoms with Crippen LogP contribution in [0.4, 0.5) is 5.82 Å². The van der Waals surface area contributed by atoms with E-state index in [0.717, 1.165) is 25.2 Å². The molecule has 5 nitrogen and oxygen atoms in total. The maximum atomic E-state index is 12.4. The summed E-state index contributed by atoms with van der Waals surface area (Å²) < 4.78 is 1.83. The maximum absolute atomic E-state index is 12.4. The normalized spacial score (nSPS) is 19.0. The fourth-order valence-corrected chi connectivity index (χ4v) is 3.91. The molecule has 3 heterocycles. The average Bonchev–Trinajstić information content (AvgIpc) is 3.18. The lowest BCUT2D eigenvalue weighted by Crippen LogP contribution is -2.33. The van der Waals surface area contributed by atoms with Crippen LogP contribution in [-0.4, -0.2) is 33.7 Å². The zero-order valence-corrected chi connectivity index (χ0v) is 13.8. The Labute approximate surface area is 134 Å². The van der Waals surface area contributed by atoms with Crippen molar-refractivity contribution < 1.29 is 4.79 Å². The molecule has 22 heavy (non-hydrogen) atoms. The number of carbonyl (C=O) groups is 1. The number of aromatic nitrogens is 2. The van der Waals surface area contributed by atoms with Gasteiger partial charge in [-0.15, -0.1) is 11.3 Å². The number of amides is 1. The van der Waals surface area contributed by atoms with Crippen LogP contribution >= 0.6 is 11.3 Å². The van der Waals surface area contributed by atoms with E-state index in [1.54, 1.807) is 17.5 Å². The van der Waals surface area contributed by atoms with E-state index in [2.05, 4.69) is 46.7 Å². The molecule has 0 aromatic carbocycles. The fourth-order valence-electron chi connectivity index (χ4n) is 3.01. The minimum absolute atomic E-state index is 0.0332. The quantitative estimate of drug-likeness (QED) is 0.920. The molecule has 6 heteroatoms. The summed E-state index contributed by atoms with van der Waals surface area (Å²) in [6.45, 7) is 5.52. The van der Waals surface area contributed by atoms with Gasteiger partial charge in [-0.25, -0.2) is 4.68 Å². The van der Waals surface area contributed by atoms with Gasteiger partial charge in [0.2, 0.25) is 5.91 Å². The van der Waals surface area contributed by atoms with E-state index in [-0.39, 0.29) is 11.9 Å². The standard InChI is InChI=1S/C16H22N4OS/c1-12(2)20-15(7-8-17-20)18-16(21)11-19-9-3-5-13(19)14-6-4-10-22-14/h4,6-8,10,12-13H,3,5,9,11H2,1-2H3,(H,18,21)/t13-/m0/s1. The Morgan fingerprint density at radius 1 is 1.50 bits per heavy atom. The number of nitrogens with one attached hydrogen (secondary N) is 1. The summed E-state index contributed by atoms with van der Waals surface area (Å²) in [5.41, 5.74) is 0. The van der Waals surface area contributed by atoms with Gasteiger partial charge >= 0.3 is 0 Å². The van der Waals surface area contributed by atoms with Gasteiger partial charge in [0.05, 0.1) is 12.7 Å². The average molecular weight is 318 g/mol. The van der Waals surface area contributed by atoms with Crippen molar-refractivity contribution in [3.8, 4) is 0 Å². The van der Waals surface area contributed by atoms with Crippen molar-refractivity contribution in [2.24, 2.45) is 0 Å². The number of carbonyl (C=O) groups excluding carboxylic acids is 1. The summed E-state index contributed by atoms with van der Waals surface area (Å²) in [5, 5.41) is 9.34. The lowest BCUT2D eigenvalue weighted by molar-refractivity contribution is -0.117. The third-order valence-electron chi connectivity index (χ3n) is 4.01. The van der Waals surface area contributed by atoms with Crippen LogP contribution < -0.4 is 5.32 Å². The van der Waals surface area contributed by atoms with Crippen LogP contribution in [0.3, 0.4) is 0 Å². The number of rotatable bonds is 5. The highest BCUT2D eigenvalue weighted by atomic mass is 32.1. The predicted molar refractivity (Wildman–Crippen MR) is 89.1 cm³/mol. The molecular formula is C16H22N4OS. The van der Waals surface area contributed by atoms with Crippen LogP contribution in [-0.2, 0) is 4.79 Å². The van der Waals surface area contributed by atoms with Crippen LogP contribution in [0.1, 0.15) is 43.6 Å². The summed E-state index contributed by atoms with van der Waals surface area (Å²) in [4.78, 5) is 16.0. The number of nitrogens with zero attached hydrogens (tertiary/aromatic N) is 3. The molecule has 0 aliphatic carbocycles. The number of hydrogen-bond acceptors (Lipinski definition) is 4. The molecule has 0 spiro atoms. The van der Waals surface area contributed by atoms with Crippen molar-refractivity contribution in [1.29, 1.82) is 0 Å². The first-order valence-corrected chi connectivity index (χ1v) is 8.64. The van der Waals surface area contributed by atoms with E-state index in [1.165, 1.54) is 4.88 Å². The maximum Gasteiger partial charge on any atom is 0.239 e. The molecule has 118 valence electrons. The van der Waals surface area contributed by atoms with Gasteiger partial charge in [0, 0.05) is 23.0 Å². The van der Waals surface area contributed by atoms with E-state index in [4.69, 9.17) is 0 Å². The zero-order valence-electron chi connectivity index (χ0n) is 13.0. The SMILES string of the molecule is CC(C)n1nccc1NC(=O)CN1CCC[C@H]1c1cccs1. The predicted octanol–water partition coefficient (Wildman–Crippen LogP) is 3.30. The second kappa shape index (κ2) is 6.62. The van der Waals surface area contributed by atoms with E-state index in [1.807, 2.05) is 10.7 Å².